The molecule has 0 aliphatic heterocycles. The highest BCUT2D eigenvalue weighted by Crippen LogP contribution is 2.33. The third-order valence-electron chi connectivity index (χ3n) is 2.74. The molecule has 0 unspecified atom stereocenters. The molecule has 0 spiro atoms. The van der Waals surface area contributed by atoms with E-state index < -0.39 is 17.6 Å². The van der Waals surface area contributed by atoms with Gasteiger partial charge in [0.25, 0.3) is 0 Å². The largest absolute Gasteiger partial charge is 0.416 e. The van der Waals surface area contributed by atoms with E-state index in [1.807, 2.05) is 0 Å². The average molecular weight is 339 g/mol. The van der Waals surface area contributed by atoms with Gasteiger partial charge >= 0.3 is 6.18 Å². The second-order valence-corrected chi connectivity index (χ2v) is 4.90. The Labute approximate surface area is 127 Å². The molecule has 112 valence electrons. The summed E-state index contributed by atoms with van der Waals surface area (Å²) in [5.74, 6) is -1.21. The van der Waals surface area contributed by atoms with Gasteiger partial charge < -0.3 is 0 Å². The van der Waals surface area contributed by atoms with Crippen molar-refractivity contribution >= 4 is 23.2 Å². The van der Waals surface area contributed by atoms with Gasteiger partial charge in [-0.05, 0) is 24.6 Å². The Hall–Kier alpha value is -1.40. The molecule has 0 bridgehead atoms. The molecule has 0 aliphatic rings. The molecule has 0 aliphatic carbocycles. The molecule has 8 heteroatoms. The van der Waals surface area contributed by atoms with Crippen LogP contribution in [0.15, 0.2) is 18.2 Å². The molecule has 1 aromatic heterocycles. The molecule has 0 atom stereocenters. The smallest absolute Gasteiger partial charge is 0.216 e. The van der Waals surface area contributed by atoms with Gasteiger partial charge in [-0.3, -0.25) is 0 Å². The van der Waals surface area contributed by atoms with Gasteiger partial charge in [-0.25, -0.2) is 14.4 Å². The van der Waals surface area contributed by atoms with E-state index in [-0.39, 0.29) is 21.7 Å². The number of hydrogen-bond donors (Lipinski definition) is 0. The molecular formula is C13H8Cl2F4N2. The van der Waals surface area contributed by atoms with Gasteiger partial charge in [-0.2, -0.15) is 13.2 Å². The predicted octanol–water partition coefficient (Wildman–Crippen LogP) is 5.17. The number of nitrogens with zero attached hydrogens (tertiary/aromatic N) is 2. The molecular weight excluding hydrogens is 331 g/mol. The number of hydrogen-bond acceptors (Lipinski definition) is 2. The topological polar surface area (TPSA) is 25.8 Å². The summed E-state index contributed by atoms with van der Waals surface area (Å²) >= 11 is 11.8. The molecule has 1 heterocycles. The first-order chi connectivity index (χ1) is 9.72. The van der Waals surface area contributed by atoms with Crippen molar-refractivity contribution in [2.75, 3.05) is 0 Å². The fourth-order valence-electron chi connectivity index (χ4n) is 1.73. The molecule has 0 N–H and O–H groups in total. The highest BCUT2D eigenvalue weighted by atomic mass is 35.5. The van der Waals surface area contributed by atoms with Gasteiger partial charge in [-0.15, -0.1) is 0 Å². The third-order valence-corrected chi connectivity index (χ3v) is 3.37. The summed E-state index contributed by atoms with van der Waals surface area (Å²) in [7, 11) is 0. The second kappa shape index (κ2) is 5.77. The summed E-state index contributed by atoms with van der Waals surface area (Å²) in [4.78, 5) is 7.75. The molecule has 2 nitrogen and oxygen atoms in total. The monoisotopic (exact) mass is 338 g/mol. The lowest BCUT2D eigenvalue weighted by atomic mass is 10.1. The lowest BCUT2D eigenvalue weighted by Crippen LogP contribution is -2.06. The van der Waals surface area contributed by atoms with Gasteiger partial charge in [0.2, 0.25) is 0 Å². The Morgan fingerprint density at radius 1 is 1.05 bits per heavy atom. The van der Waals surface area contributed by atoms with Crippen molar-refractivity contribution in [3.63, 3.8) is 0 Å². The first kappa shape index (κ1) is 16.0. The Morgan fingerprint density at radius 3 is 2.10 bits per heavy atom. The highest BCUT2D eigenvalue weighted by Gasteiger charge is 2.31. The zero-order valence-electron chi connectivity index (χ0n) is 10.6. The van der Waals surface area contributed by atoms with E-state index in [9.17, 15) is 17.6 Å². The average Bonchev–Trinajstić information content (AvgIpc) is 2.36. The van der Waals surface area contributed by atoms with Crippen LogP contribution in [0.25, 0.3) is 11.4 Å². The van der Waals surface area contributed by atoms with Crippen molar-refractivity contribution in [1.82, 2.24) is 9.97 Å². The Balaban J connectivity index is 2.60. The molecule has 0 saturated carbocycles. The maximum Gasteiger partial charge on any atom is 0.416 e. The van der Waals surface area contributed by atoms with Crippen LogP contribution in [0.3, 0.4) is 0 Å². The second-order valence-electron chi connectivity index (χ2n) is 4.19. The lowest BCUT2D eigenvalue weighted by Gasteiger charge is -2.10. The maximum absolute atomic E-state index is 13.4. The fourth-order valence-corrected chi connectivity index (χ4v) is 2.39. The Kier molecular flexibility index (Phi) is 4.39. The summed E-state index contributed by atoms with van der Waals surface area (Å²) in [5.41, 5.74) is -0.795. The first-order valence-electron chi connectivity index (χ1n) is 5.82. The van der Waals surface area contributed by atoms with Crippen LogP contribution in [-0.2, 0) is 12.6 Å². The summed E-state index contributed by atoms with van der Waals surface area (Å²) in [6.07, 6.45) is -4.21. The van der Waals surface area contributed by atoms with E-state index in [0.717, 1.165) is 12.1 Å². The van der Waals surface area contributed by atoms with Crippen LogP contribution >= 0.6 is 23.2 Å². The van der Waals surface area contributed by atoms with Crippen molar-refractivity contribution in [1.29, 1.82) is 0 Å². The number of aromatic nitrogens is 2. The van der Waals surface area contributed by atoms with Gasteiger partial charge in [0, 0.05) is 11.1 Å². The summed E-state index contributed by atoms with van der Waals surface area (Å²) in [6.45, 7) is 1.78. The van der Waals surface area contributed by atoms with Crippen LogP contribution in [0.1, 0.15) is 18.1 Å². The number of alkyl halides is 3. The minimum Gasteiger partial charge on any atom is -0.216 e. The summed E-state index contributed by atoms with van der Waals surface area (Å²) < 4.78 is 51.4. The van der Waals surface area contributed by atoms with E-state index >= 15 is 0 Å². The van der Waals surface area contributed by atoms with E-state index in [1.165, 1.54) is 0 Å². The fraction of sp³-hybridized carbons (Fsp3) is 0.231. The molecule has 0 amide bonds. The maximum atomic E-state index is 13.4. The minimum absolute atomic E-state index is 0.0327. The van der Waals surface area contributed by atoms with Crippen LogP contribution < -0.4 is 0 Å². The van der Waals surface area contributed by atoms with E-state index in [2.05, 4.69) is 9.97 Å². The van der Waals surface area contributed by atoms with Crippen molar-refractivity contribution in [3.8, 4) is 11.4 Å². The molecule has 0 fully saturated rings. The quantitative estimate of drug-likeness (QED) is 0.557. The molecule has 0 radical (unpaired) electrons. The van der Waals surface area contributed by atoms with Crippen LogP contribution in [0.2, 0.25) is 10.3 Å². The summed E-state index contributed by atoms with van der Waals surface area (Å²) in [5, 5.41) is 0.0654. The lowest BCUT2D eigenvalue weighted by molar-refractivity contribution is -0.137. The van der Waals surface area contributed by atoms with Gasteiger partial charge in [0.1, 0.15) is 16.1 Å². The van der Waals surface area contributed by atoms with Crippen molar-refractivity contribution in [2.24, 2.45) is 0 Å². The van der Waals surface area contributed by atoms with Crippen LogP contribution in [-0.4, -0.2) is 9.97 Å². The number of rotatable bonds is 2. The van der Waals surface area contributed by atoms with Gasteiger partial charge in [0.05, 0.1) is 5.56 Å². The molecule has 1 aromatic carbocycles. The Morgan fingerprint density at radius 2 is 1.62 bits per heavy atom. The van der Waals surface area contributed by atoms with E-state index in [4.69, 9.17) is 23.2 Å². The van der Waals surface area contributed by atoms with Crippen molar-refractivity contribution in [2.45, 2.75) is 19.5 Å². The molecule has 2 rings (SSSR count). The number of halogens is 6. The molecule has 2 aromatic rings. The van der Waals surface area contributed by atoms with Crippen LogP contribution in [0, 0.1) is 5.82 Å². The van der Waals surface area contributed by atoms with Crippen LogP contribution in [0.4, 0.5) is 17.6 Å². The number of benzene rings is 1. The van der Waals surface area contributed by atoms with Gasteiger partial charge in [-0.1, -0.05) is 30.1 Å². The Bertz CT molecular complexity index is 663. The predicted molar refractivity (Wildman–Crippen MR) is 71.8 cm³/mol. The third kappa shape index (κ3) is 3.44. The van der Waals surface area contributed by atoms with Crippen molar-refractivity contribution < 1.29 is 17.6 Å². The van der Waals surface area contributed by atoms with Crippen molar-refractivity contribution in [3.05, 3.63) is 45.4 Å². The van der Waals surface area contributed by atoms with E-state index in [1.54, 1.807) is 6.92 Å². The van der Waals surface area contributed by atoms with Gasteiger partial charge in [0.15, 0.2) is 5.82 Å². The highest BCUT2D eigenvalue weighted by molar-refractivity contribution is 6.34. The molecule has 21 heavy (non-hydrogen) atoms. The van der Waals surface area contributed by atoms with Crippen LogP contribution in [0.5, 0.6) is 0 Å². The normalized spacial score (nSPS) is 11.8. The first-order valence-corrected chi connectivity index (χ1v) is 6.58. The summed E-state index contributed by atoms with van der Waals surface area (Å²) in [6, 6.07) is 2.03. The van der Waals surface area contributed by atoms with E-state index in [0.29, 0.717) is 18.1 Å². The molecule has 0 saturated heterocycles. The zero-order valence-corrected chi connectivity index (χ0v) is 12.1. The SMILES string of the molecule is CCc1c(Cl)nc(-c2cc(F)cc(C(F)(F)F)c2)nc1Cl. The minimum atomic E-state index is -4.67. The standard InChI is InChI=1S/C13H8Cl2F4N2/c1-2-9-10(14)20-12(21-11(9)15)6-3-7(13(17,18)19)5-8(16)4-6/h3-5H,2H2,1H3. The zero-order chi connectivity index (χ0) is 15.8.